The number of aryl methyl sites for hydroxylation is 1. The molecule has 0 fully saturated rings. The third-order valence-corrected chi connectivity index (χ3v) is 7.05. The standard InChI is InChI=1S/C25H18ClNO5S/c1-15-22(32-33(29,30)18-9-7-17(26)8-10-18)12-11-20-24(28)23(31-25(15)20)13-16-14-27(2)21-6-4-3-5-19(16)21/h3-14H,1-2H3. The van der Waals surface area contributed by atoms with Crippen molar-refractivity contribution in [3.8, 4) is 11.5 Å². The van der Waals surface area contributed by atoms with E-state index in [4.69, 9.17) is 20.5 Å². The number of rotatable bonds is 4. The van der Waals surface area contributed by atoms with Crippen molar-refractivity contribution in [3.63, 3.8) is 0 Å². The largest absolute Gasteiger partial charge is 0.452 e. The molecule has 0 atom stereocenters. The lowest BCUT2D eigenvalue weighted by atomic mass is 10.1. The zero-order valence-corrected chi connectivity index (χ0v) is 19.3. The van der Waals surface area contributed by atoms with E-state index >= 15 is 0 Å². The number of benzene rings is 3. The van der Waals surface area contributed by atoms with Crippen LogP contribution in [0.15, 0.2) is 77.5 Å². The van der Waals surface area contributed by atoms with Crippen LogP contribution in [0, 0.1) is 6.92 Å². The Morgan fingerprint density at radius 3 is 2.52 bits per heavy atom. The summed E-state index contributed by atoms with van der Waals surface area (Å²) in [5.41, 5.74) is 2.66. The number of aromatic nitrogens is 1. The number of hydrogen-bond donors (Lipinski definition) is 0. The molecule has 0 amide bonds. The van der Waals surface area contributed by atoms with Crippen LogP contribution in [0.2, 0.25) is 5.02 Å². The first-order chi connectivity index (χ1) is 15.7. The van der Waals surface area contributed by atoms with Gasteiger partial charge in [-0.15, -0.1) is 0 Å². The lowest BCUT2D eigenvalue weighted by Crippen LogP contribution is -2.10. The van der Waals surface area contributed by atoms with Gasteiger partial charge in [0.2, 0.25) is 5.78 Å². The molecular formula is C25H18ClNO5S. The minimum absolute atomic E-state index is 0.0275. The molecule has 0 bridgehead atoms. The lowest BCUT2D eigenvalue weighted by molar-refractivity contribution is 0.101. The predicted octanol–water partition coefficient (Wildman–Crippen LogP) is 5.52. The van der Waals surface area contributed by atoms with Crippen molar-refractivity contribution < 1.29 is 22.1 Å². The van der Waals surface area contributed by atoms with E-state index in [2.05, 4.69) is 0 Å². The van der Waals surface area contributed by atoms with E-state index in [0.29, 0.717) is 16.1 Å². The van der Waals surface area contributed by atoms with Gasteiger partial charge in [0.05, 0.1) is 5.56 Å². The summed E-state index contributed by atoms with van der Waals surface area (Å²) in [5, 5.41) is 1.41. The number of allylic oxidation sites excluding steroid dienone is 1. The molecule has 1 aliphatic rings. The molecule has 166 valence electrons. The second-order valence-corrected chi connectivity index (χ2v) is 9.69. The monoisotopic (exact) mass is 479 g/mol. The molecule has 8 heteroatoms. The van der Waals surface area contributed by atoms with Gasteiger partial charge in [0.1, 0.15) is 16.4 Å². The summed E-state index contributed by atoms with van der Waals surface area (Å²) in [6.07, 6.45) is 3.63. The molecule has 0 radical (unpaired) electrons. The third-order valence-electron chi connectivity index (χ3n) is 5.55. The van der Waals surface area contributed by atoms with E-state index in [1.807, 2.05) is 42.1 Å². The molecule has 2 heterocycles. The van der Waals surface area contributed by atoms with E-state index in [9.17, 15) is 13.2 Å². The van der Waals surface area contributed by atoms with Crippen LogP contribution in [0.1, 0.15) is 21.5 Å². The maximum absolute atomic E-state index is 13.0. The Bertz CT molecular complexity index is 1570. The Balaban J connectivity index is 1.49. The minimum Gasteiger partial charge on any atom is -0.452 e. The maximum atomic E-state index is 13.0. The van der Waals surface area contributed by atoms with Crippen molar-refractivity contribution in [2.75, 3.05) is 0 Å². The van der Waals surface area contributed by atoms with Crippen molar-refractivity contribution >= 4 is 44.5 Å². The zero-order valence-electron chi connectivity index (χ0n) is 17.7. The molecule has 1 aliphatic heterocycles. The van der Waals surface area contributed by atoms with Gasteiger partial charge in [-0.2, -0.15) is 8.42 Å². The number of Topliss-reactive ketones (excluding diaryl/α,β-unsaturated/α-hetero) is 1. The molecule has 0 N–H and O–H groups in total. The minimum atomic E-state index is -4.08. The number of nitrogens with zero attached hydrogens (tertiary/aromatic N) is 1. The second-order valence-electron chi connectivity index (χ2n) is 7.71. The molecule has 0 aliphatic carbocycles. The number of ketones is 1. The van der Waals surface area contributed by atoms with E-state index in [-0.39, 0.29) is 27.9 Å². The third kappa shape index (κ3) is 3.69. The molecule has 0 saturated heterocycles. The SMILES string of the molecule is Cc1c(OS(=O)(=O)c2ccc(Cl)cc2)ccc2c1OC(=Cc1cn(C)c3ccccc13)C2=O. The zero-order chi connectivity index (χ0) is 23.3. The lowest BCUT2D eigenvalue weighted by Gasteiger charge is -2.11. The van der Waals surface area contributed by atoms with Crippen LogP contribution in [0.5, 0.6) is 11.5 Å². The normalized spacial score (nSPS) is 14.5. The molecule has 0 unspecified atom stereocenters. The van der Waals surface area contributed by atoms with Gasteiger partial charge in [-0.3, -0.25) is 4.79 Å². The van der Waals surface area contributed by atoms with Crippen LogP contribution in [-0.2, 0) is 17.2 Å². The molecule has 5 rings (SSSR count). The highest BCUT2D eigenvalue weighted by molar-refractivity contribution is 7.87. The van der Waals surface area contributed by atoms with Crippen LogP contribution in [0.25, 0.3) is 17.0 Å². The first kappa shape index (κ1) is 21.3. The molecular weight excluding hydrogens is 462 g/mol. The highest BCUT2D eigenvalue weighted by Gasteiger charge is 2.31. The number of halogens is 1. The Morgan fingerprint density at radius 2 is 1.76 bits per heavy atom. The van der Waals surface area contributed by atoms with Gasteiger partial charge in [0.15, 0.2) is 5.76 Å². The molecule has 4 aromatic rings. The van der Waals surface area contributed by atoms with Crippen LogP contribution < -0.4 is 8.92 Å². The van der Waals surface area contributed by atoms with Gasteiger partial charge in [0, 0.05) is 40.3 Å². The van der Waals surface area contributed by atoms with Crippen LogP contribution in [-0.4, -0.2) is 18.8 Å². The van der Waals surface area contributed by atoms with Crippen molar-refractivity contribution in [2.24, 2.45) is 7.05 Å². The summed E-state index contributed by atoms with van der Waals surface area (Å²) < 4.78 is 38.6. The van der Waals surface area contributed by atoms with Gasteiger partial charge in [-0.1, -0.05) is 29.8 Å². The fraction of sp³-hybridized carbons (Fsp3) is 0.0800. The van der Waals surface area contributed by atoms with Crippen molar-refractivity contribution in [3.05, 3.63) is 94.3 Å². The van der Waals surface area contributed by atoms with Crippen molar-refractivity contribution in [2.45, 2.75) is 11.8 Å². The quantitative estimate of drug-likeness (QED) is 0.284. The molecule has 0 spiro atoms. The van der Waals surface area contributed by atoms with Gasteiger partial charge in [0.25, 0.3) is 0 Å². The van der Waals surface area contributed by atoms with Gasteiger partial charge in [-0.25, -0.2) is 0 Å². The van der Waals surface area contributed by atoms with Crippen molar-refractivity contribution in [1.82, 2.24) is 4.57 Å². The molecule has 1 aromatic heterocycles. The Kier molecular flexibility index (Phi) is 5.03. The van der Waals surface area contributed by atoms with Crippen LogP contribution >= 0.6 is 11.6 Å². The smallest absolute Gasteiger partial charge is 0.339 e. The number of para-hydroxylation sites is 1. The van der Waals surface area contributed by atoms with Crippen LogP contribution in [0.3, 0.4) is 0 Å². The van der Waals surface area contributed by atoms with E-state index in [1.165, 1.54) is 36.4 Å². The highest BCUT2D eigenvalue weighted by Crippen LogP contribution is 2.40. The van der Waals surface area contributed by atoms with E-state index < -0.39 is 10.1 Å². The highest BCUT2D eigenvalue weighted by atomic mass is 35.5. The first-order valence-electron chi connectivity index (χ1n) is 10.1. The summed E-state index contributed by atoms with van der Waals surface area (Å²) in [5.74, 6) is 0.272. The summed E-state index contributed by atoms with van der Waals surface area (Å²) in [6.45, 7) is 1.65. The van der Waals surface area contributed by atoms with Crippen LogP contribution in [0.4, 0.5) is 0 Å². The van der Waals surface area contributed by atoms with Gasteiger partial charge in [-0.05, 0) is 55.5 Å². The number of ether oxygens (including phenoxy) is 1. The molecule has 33 heavy (non-hydrogen) atoms. The Hall–Kier alpha value is -3.55. The molecule has 0 saturated carbocycles. The first-order valence-corrected chi connectivity index (χ1v) is 11.9. The Labute approximate surface area is 195 Å². The summed E-state index contributed by atoms with van der Waals surface area (Å²) >= 11 is 5.84. The fourth-order valence-electron chi connectivity index (χ4n) is 3.86. The number of hydrogen-bond acceptors (Lipinski definition) is 5. The molecule has 3 aromatic carbocycles. The number of fused-ring (bicyclic) bond motifs is 2. The summed E-state index contributed by atoms with van der Waals surface area (Å²) in [7, 11) is -2.15. The number of carbonyl (C=O) groups excluding carboxylic acids is 1. The van der Waals surface area contributed by atoms with Gasteiger partial charge < -0.3 is 13.5 Å². The maximum Gasteiger partial charge on any atom is 0.339 e. The fourth-order valence-corrected chi connectivity index (χ4v) is 4.96. The number of carbonyl (C=O) groups is 1. The average Bonchev–Trinajstić information content (AvgIpc) is 3.28. The van der Waals surface area contributed by atoms with E-state index in [0.717, 1.165) is 16.5 Å². The molecule has 6 nitrogen and oxygen atoms in total. The second kappa shape index (κ2) is 7.79. The topological polar surface area (TPSA) is 74.6 Å². The average molecular weight is 480 g/mol. The summed E-state index contributed by atoms with van der Waals surface area (Å²) in [6, 6.07) is 16.5. The summed E-state index contributed by atoms with van der Waals surface area (Å²) in [4.78, 5) is 12.9. The van der Waals surface area contributed by atoms with E-state index in [1.54, 1.807) is 13.0 Å². The van der Waals surface area contributed by atoms with Crippen molar-refractivity contribution in [1.29, 1.82) is 0 Å². The Morgan fingerprint density at radius 1 is 1.03 bits per heavy atom. The predicted molar refractivity (Wildman–Crippen MR) is 126 cm³/mol. The van der Waals surface area contributed by atoms with Gasteiger partial charge >= 0.3 is 10.1 Å².